The average Bonchev–Trinajstić information content (AvgIpc) is 2.80. The van der Waals surface area contributed by atoms with Crippen LogP contribution >= 0.6 is 0 Å². The summed E-state index contributed by atoms with van der Waals surface area (Å²) in [5.74, 6) is 0. The molecule has 0 aliphatic carbocycles. The van der Waals surface area contributed by atoms with E-state index in [2.05, 4.69) is 67.0 Å². The predicted octanol–water partition coefficient (Wildman–Crippen LogP) is 4.56. The molecule has 0 fully saturated rings. The van der Waals surface area contributed by atoms with E-state index in [1.807, 2.05) is 6.92 Å². The van der Waals surface area contributed by atoms with Crippen LogP contribution < -0.4 is 5.73 Å². The fourth-order valence-corrected chi connectivity index (χ4v) is 2.90. The maximum atomic E-state index is 5.94. The molecular weight excluding hydrogens is 256 g/mol. The number of nitrogens with two attached hydrogens (primary N) is 1. The summed E-state index contributed by atoms with van der Waals surface area (Å²) in [6.45, 7) is 7.29. The highest BCUT2D eigenvalue weighted by Crippen LogP contribution is 2.30. The predicted molar refractivity (Wildman–Crippen MR) is 92.4 cm³/mol. The van der Waals surface area contributed by atoms with E-state index < -0.39 is 0 Å². The Morgan fingerprint density at radius 3 is 2.57 bits per heavy atom. The lowest BCUT2D eigenvalue weighted by molar-refractivity contribution is 0.827. The standard InChI is InChI=1S/C19H22N2/c1-4-21-18-8-6-5-7-16(18)17-12-15(9-10-19(17)21)11-13(2)14(3)20/h5-12,14H,4,20H2,1-3H3/b13-11-. The molecule has 0 bridgehead atoms. The highest BCUT2D eigenvalue weighted by atomic mass is 15.0. The van der Waals surface area contributed by atoms with Crippen LogP contribution in [-0.4, -0.2) is 10.6 Å². The van der Waals surface area contributed by atoms with Crippen LogP contribution in [0, 0.1) is 0 Å². The molecule has 2 aromatic carbocycles. The second-order valence-corrected chi connectivity index (χ2v) is 5.72. The van der Waals surface area contributed by atoms with Gasteiger partial charge >= 0.3 is 0 Å². The molecule has 0 amide bonds. The second kappa shape index (κ2) is 5.38. The van der Waals surface area contributed by atoms with E-state index >= 15 is 0 Å². The number of fused-ring (bicyclic) bond motifs is 3. The third-order valence-electron chi connectivity index (χ3n) is 4.23. The minimum atomic E-state index is 0.0951. The molecule has 0 saturated heterocycles. The summed E-state index contributed by atoms with van der Waals surface area (Å²) in [5, 5.41) is 2.64. The van der Waals surface area contributed by atoms with Crippen molar-refractivity contribution in [1.82, 2.24) is 4.57 Å². The van der Waals surface area contributed by atoms with Gasteiger partial charge in [0.1, 0.15) is 0 Å². The lowest BCUT2D eigenvalue weighted by Crippen LogP contribution is -2.15. The molecular formula is C19H22N2. The zero-order chi connectivity index (χ0) is 15.0. The van der Waals surface area contributed by atoms with Crippen molar-refractivity contribution in [2.24, 2.45) is 5.73 Å². The zero-order valence-corrected chi connectivity index (χ0v) is 12.9. The first-order chi connectivity index (χ1) is 10.1. The molecule has 0 radical (unpaired) electrons. The fourth-order valence-electron chi connectivity index (χ4n) is 2.90. The third-order valence-corrected chi connectivity index (χ3v) is 4.23. The Morgan fingerprint density at radius 1 is 1.14 bits per heavy atom. The number of benzene rings is 2. The zero-order valence-electron chi connectivity index (χ0n) is 12.9. The first-order valence-corrected chi connectivity index (χ1v) is 7.56. The van der Waals surface area contributed by atoms with Crippen molar-refractivity contribution in [1.29, 1.82) is 0 Å². The largest absolute Gasteiger partial charge is 0.341 e. The third kappa shape index (κ3) is 2.36. The second-order valence-electron chi connectivity index (χ2n) is 5.72. The van der Waals surface area contributed by atoms with E-state index in [9.17, 15) is 0 Å². The molecule has 0 aliphatic heterocycles. The molecule has 1 aromatic heterocycles. The van der Waals surface area contributed by atoms with Gasteiger partial charge in [0.15, 0.2) is 0 Å². The molecule has 2 heteroatoms. The van der Waals surface area contributed by atoms with Gasteiger partial charge in [-0.25, -0.2) is 0 Å². The Bertz CT molecular complexity index is 822. The van der Waals surface area contributed by atoms with Gasteiger partial charge in [0.05, 0.1) is 0 Å². The molecule has 3 aromatic rings. The number of hydrogen-bond acceptors (Lipinski definition) is 1. The maximum Gasteiger partial charge on any atom is 0.0491 e. The van der Waals surface area contributed by atoms with Gasteiger partial charge in [0.2, 0.25) is 0 Å². The Balaban J connectivity index is 2.27. The molecule has 108 valence electrons. The minimum absolute atomic E-state index is 0.0951. The number of aryl methyl sites for hydroxylation is 1. The maximum absolute atomic E-state index is 5.94. The van der Waals surface area contributed by atoms with Crippen LogP contribution in [-0.2, 0) is 6.54 Å². The number of rotatable bonds is 3. The quantitative estimate of drug-likeness (QED) is 0.747. The topological polar surface area (TPSA) is 30.9 Å². The lowest BCUT2D eigenvalue weighted by Gasteiger charge is -2.06. The van der Waals surface area contributed by atoms with Crippen LogP contribution in [0.2, 0.25) is 0 Å². The van der Waals surface area contributed by atoms with Crippen LogP contribution in [0.1, 0.15) is 26.3 Å². The van der Waals surface area contributed by atoms with Gasteiger partial charge in [0, 0.05) is 34.4 Å². The van der Waals surface area contributed by atoms with Crippen LogP contribution in [0.25, 0.3) is 27.9 Å². The van der Waals surface area contributed by atoms with Crippen molar-refractivity contribution >= 4 is 27.9 Å². The van der Waals surface area contributed by atoms with E-state index in [-0.39, 0.29) is 6.04 Å². The fraction of sp³-hybridized carbons (Fsp3) is 0.263. The summed E-state index contributed by atoms with van der Waals surface area (Å²) in [6, 6.07) is 15.4. The van der Waals surface area contributed by atoms with E-state index in [1.54, 1.807) is 0 Å². The molecule has 2 nitrogen and oxygen atoms in total. The number of aromatic nitrogens is 1. The van der Waals surface area contributed by atoms with Gasteiger partial charge in [-0.15, -0.1) is 0 Å². The molecule has 0 saturated carbocycles. The van der Waals surface area contributed by atoms with Crippen molar-refractivity contribution in [2.45, 2.75) is 33.4 Å². The van der Waals surface area contributed by atoms with Crippen molar-refractivity contribution < 1.29 is 0 Å². The number of hydrogen-bond donors (Lipinski definition) is 1. The van der Waals surface area contributed by atoms with E-state index in [0.717, 1.165) is 6.54 Å². The molecule has 1 atom stereocenters. The highest BCUT2D eigenvalue weighted by molar-refractivity contribution is 6.08. The van der Waals surface area contributed by atoms with Crippen LogP contribution in [0.15, 0.2) is 48.0 Å². The Hall–Kier alpha value is -2.06. The molecule has 0 spiro atoms. The molecule has 3 rings (SSSR count). The number of nitrogens with zero attached hydrogens (tertiary/aromatic N) is 1. The van der Waals surface area contributed by atoms with Gasteiger partial charge in [-0.3, -0.25) is 0 Å². The summed E-state index contributed by atoms with van der Waals surface area (Å²) in [7, 11) is 0. The lowest BCUT2D eigenvalue weighted by atomic mass is 10.0. The van der Waals surface area contributed by atoms with Crippen LogP contribution in [0.5, 0.6) is 0 Å². The van der Waals surface area contributed by atoms with Crippen molar-refractivity contribution in [3.8, 4) is 0 Å². The first-order valence-electron chi connectivity index (χ1n) is 7.56. The van der Waals surface area contributed by atoms with Gasteiger partial charge in [-0.05, 0) is 44.5 Å². The van der Waals surface area contributed by atoms with Gasteiger partial charge in [0.25, 0.3) is 0 Å². The van der Waals surface area contributed by atoms with E-state index in [1.165, 1.54) is 32.9 Å². The summed E-state index contributed by atoms with van der Waals surface area (Å²) >= 11 is 0. The van der Waals surface area contributed by atoms with Gasteiger partial charge in [-0.1, -0.05) is 35.9 Å². The Labute approximate surface area is 125 Å². The Morgan fingerprint density at radius 2 is 1.86 bits per heavy atom. The van der Waals surface area contributed by atoms with Crippen molar-refractivity contribution in [3.63, 3.8) is 0 Å². The minimum Gasteiger partial charge on any atom is -0.341 e. The molecule has 1 unspecified atom stereocenters. The normalized spacial score (nSPS) is 14.0. The molecule has 2 N–H and O–H groups in total. The van der Waals surface area contributed by atoms with Gasteiger partial charge in [-0.2, -0.15) is 0 Å². The SMILES string of the molecule is CCn1c2ccccc2c2cc(/C=C(/C)C(C)N)ccc21. The summed E-state index contributed by atoms with van der Waals surface area (Å²) in [4.78, 5) is 0. The van der Waals surface area contributed by atoms with E-state index in [4.69, 9.17) is 5.73 Å². The number of para-hydroxylation sites is 1. The van der Waals surface area contributed by atoms with Crippen LogP contribution in [0.3, 0.4) is 0 Å². The molecule has 1 heterocycles. The monoisotopic (exact) mass is 278 g/mol. The van der Waals surface area contributed by atoms with E-state index in [0.29, 0.717) is 0 Å². The summed E-state index contributed by atoms with van der Waals surface area (Å²) < 4.78 is 2.37. The Kier molecular flexibility index (Phi) is 3.56. The smallest absolute Gasteiger partial charge is 0.0491 e. The molecule has 0 aliphatic rings. The first kappa shape index (κ1) is 13.9. The van der Waals surface area contributed by atoms with Crippen LogP contribution in [0.4, 0.5) is 0 Å². The van der Waals surface area contributed by atoms with Crippen molar-refractivity contribution in [3.05, 3.63) is 53.6 Å². The highest BCUT2D eigenvalue weighted by Gasteiger charge is 2.09. The summed E-state index contributed by atoms with van der Waals surface area (Å²) in [6.07, 6.45) is 2.18. The summed E-state index contributed by atoms with van der Waals surface area (Å²) in [5.41, 5.74) is 11.0. The van der Waals surface area contributed by atoms with Gasteiger partial charge < -0.3 is 10.3 Å². The van der Waals surface area contributed by atoms with Crippen molar-refractivity contribution in [2.75, 3.05) is 0 Å². The molecule has 21 heavy (non-hydrogen) atoms. The average molecular weight is 278 g/mol.